The molecule has 88 valence electrons. The molecule has 1 N–H and O–H groups in total. The van der Waals surface area contributed by atoms with E-state index in [0.29, 0.717) is 25.0 Å². The quantitative estimate of drug-likeness (QED) is 0.601. The summed E-state index contributed by atoms with van der Waals surface area (Å²) in [7, 11) is 0. The maximum atomic E-state index is 5.39. The van der Waals surface area contributed by atoms with Crippen LogP contribution in [0.3, 0.4) is 0 Å². The fraction of sp³-hybridized carbons (Fsp3) is 0.636. The molecule has 0 radical (unpaired) electrons. The second-order valence-electron chi connectivity index (χ2n) is 3.88. The van der Waals surface area contributed by atoms with Gasteiger partial charge in [0.15, 0.2) is 5.82 Å². The van der Waals surface area contributed by atoms with E-state index in [1.54, 1.807) is 6.08 Å². The van der Waals surface area contributed by atoms with E-state index in [2.05, 4.69) is 22.0 Å². The predicted molar refractivity (Wildman–Crippen MR) is 59.0 cm³/mol. The fourth-order valence-electron chi connectivity index (χ4n) is 1.73. The van der Waals surface area contributed by atoms with Crippen LogP contribution in [0.4, 0.5) is 0 Å². The highest BCUT2D eigenvalue weighted by atomic mass is 16.5. The molecular formula is C11H17N3O2. The highest BCUT2D eigenvalue weighted by Crippen LogP contribution is 2.22. The summed E-state index contributed by atoms with van der Waals surface area (Å²) in [4.78, 5) is 4.35. The highest BCUT2D eigenvalue weighted by molar-refractivity contribution is 4.96. The predicted octanol–water partition coefficient (Wildman–Crippen LogP) is 1.24. The first-order chi connectivity index (χ1) is 7.90. The number of ether oxygens (including phenoxy) is 1. The van der Waals surface area contributed by atoms with E-state index in [0.717, 1.165) is 31.8 Å². The van der Waals surface area contributed by atoms with Crippen molar-refractivity contribution in [3.63, 3.8) is 0 Å². The van der Waals surface area contributed by atoms with E-state index in [1.807, 2.05) is 0 Å². The lowest BCUT2D eigenvalue weighted by molar-refractivity contribution is 0.0773. The van der Waals surface area contributed by atoms with Crippen LogP contribution in [0.2, 0.25) is 0 Å². The van der Waals surface area contributed by atoms with Crippen molar-refractivity contribution in [3.8, 4) is 0 Å². The van der Waals surface area contributed by atoms with Gasteiger partial charge in [0.1, 0.15) is 0 Å². The third-order valence-electron chi connectivity index (χ3n) is 2.57. The molecule has 1 fully saturated rings. The van der Waals surface area contributed by atoms with Crippen LogP contribution in [0.25, 0.3) is 0 Å². The molecule has 2 rings (SSSR count). The molecular weight excluding hydrogens is 206 g/mol. The number of hydrogen-bond acceptors (Lipinski definition) is 5. The van der Waals surface area contributed by atoms with Crippen molar-refractivity contribution in [3.05, 3.63) is 24.4 Å². The van der Waals surface area contributed by atoms with E-state index < -0.39 is 0 Å². The standard InChI is InChI=1S/C11H17N3O2/c1-2-5-12-7-10-13-11(14-16-10)9-4-3-6-15-8-9/h2,9,12H,1,3-8H2. The summed E-state index contributed by atoms with van der Waals surface area (Å²) in [6, 6.07) is 0. The van der Waals surface area contributed by atoms with Crippen molar-refractivity contribution in [2.24, 2.45) is 0 Å². The third-order valence-corrected chi connectivity index (χ3v) is 2.57. The molecule has 0 spiro atoms. The van der Waals surface area contributed by atoms with Crippen LogP contribution >= 0.6 is 0 Å². The molecule has 0 aromatic carbocycles. The van der Waals surface area contributed by atoms with Crippen LogP contribution in [0.15, 0.2) is 17.2 Å². The van der Waals surface area contributed by atoms with Gasteiger partial charge in [0.2, 0.25) is 5.89 Å². The Morgan fingerprint density at radius 2 is 2.50 bits per heavy atom. The van der Waals surface area contributed by atoms with Crippen molar-refractivity contribution in [1.82, 2.24) is 15.5 Å². The number of rotatable bonds is 5. The minimum atomic E-state index is 0.297. The molecule has 1 aliphatic rings. The molecule has 0 aliphatic carbocycles. The van der Waals surface area contributed by atoms with Crippen molar-refractivity contribution >= 4 is 0 Å². The summed E-state index contributed by atoms with van der Waals surface area (Å²) in [5, 5.41) is 7.11. The zero-order valence-electron chi connectivity index (χ0n) is 9.32. The Kier molecular flexibility index (Phi) is 4.07. The molecule has 0 saturated carbocycles. The molecule has 1 aliphatic heterocycles. The first-order valence-corrected chi connectivity index (χ1v) is 5.62. The van der Waals surface area contributed by atoms with E-state index in [-0.39, 0.29) is 0 Å². The lowest BCUT2D eigenvalue weighted by Gasteiger charge is -2.18. The summed E-state index contributed by atoms with van der Waals surface area (Å²) in [6.45, 7) is 6.51. The second-order valence-corrected chi connectivity index (χ2v) is 3.88. The zero-order chi connectivity index (χ0) is 11.2. The molecule has 1 aromatic rings. The molecule has 5 heteroatoms. The van der Waals surface area contributed by atoms with Gasteiger partial charge in [-0.1, -0.05) is 11.2 Å². The van der Waals surface area contributed by atoms with Crippen LogP contribution < -0.4 is 5.32 Å². The molecule has 1 atom stereocenters. The molecule has 5 nitrogen and oxygen atoms in total. The van der Waals surface area contributed by atoms with E-state index in [9.17, 15) is 0 Å². The molecule has 16 heavy (non-hydrogen) atoms. The number of nitrogens with zero attached hydrogens (tertiary/aromatic N) is 2. The number of hydrogen-bond donors (Lipinski definition) is 1. The Hall–Kier alpha value is -1.20. The average Bonchev–Trinajstić information content (AvgIpc) is 2.79. The normalized spacial score (nSPS) is 20.9. The summed E-state index contributed by atoms with van der Waals surface area (Å²) >= 11 is 0. The number of aromatic nitrogens is 2. The van der Waals surface area contributed by atoms with Crippen molar-refractivity contribution in [2.75, 3.05) is 19.8 Å². The summed E-state index contributed by atoms with van der Waals surface area (Å²) in [5.41, 5.74) is 0. The van der Waals surface area contributed by atoms with Crippen molar-refractivity contribution < 1.29 is 9.26 Å². The average molecular weight is 223 g/mol. The molecule has 1 aromatic heterocycles. The van der Waals surface area contributed by atoms with Crippen LogP contribution in [0, 0.1) is 0 Å². The van der Waals surface area contributed by atoms with Crippen molar-refractivity contribution in [1.29, 1.82) is 0 Å². The van der Waals surface area contributed by atoms with Gasteiger partial charge < -0.3 is 14.6 Å². The van der Waals surface area contributed by atoms with Gasteiger partial charge in [0, 0.05) is 19.1 Å². The van der Waals surface area contributed by atoms with Crippen LogP contribution in [0.1, 0.15) is 30.5 Å². The first kappa shape index (κ1) is 11.3. The lowest BCUT2D eigenvalue weighted by Crippen LogP contribution is -2.17. The molecule has 0 bridgehead atoms. The molecule has 1 saturated heterocycles. The monoisotopic (exact) mass is 223 g/mol. The Morgan fingerprint density at radius 3 is 3.25 bits per heavy atom. The van der Waals surface area contributed by atoms with Gasteiger partial charge in [-0.05, 0) is 12.8 Å². The van der Waals surface area contributed by atoms with Gasteiger partial charge in [-0.2, -0.15) is 4.98 Å². The van der Waals surface area contributed by atoms with Crippen LogP contribution in [0.5, 0.6) is 0 Å². The van der Waals surface area contributed by atoms with Gasteiger partial charge >= 0.3 is 0 Å². The SMILES string of the molecule is C=CCNCc1nc(C2CCCOC2)no1. The smallest absolute Gasteiger partial charge is 0.240 e. The van der Waals surface area contributed by atoms with Gasteiger partial charge in [-0.25, -0.2) is 0 Å². The van der Waals surface area contributed by atoms with Gasteiger partial charge in [0.05, 0.1) is 13.2 Å². The van der Waals surface area contributed by atoms with Crippen molar-refractivity contribution in [2.45, 2.75) is 25.3 Å². The number of nitrogens with one attached hydrogen (secondary N) is 1. The largest absolute Gasteiger partial charge is 0.381 e. The summed E-state index contributed by atoms with van der Waals surface area (Å²) in [6.07, 6.45) is 3.95. The fourth-order valence-corrected chi connectivity index (χ4v) is 1.73. The van der Waals surface area contributed by atoms with Crippen LogP contribution in [-0.4, -0.2) is 29.9 Å². The van der Waals surface area contributed by atoms with Gasteiger partial charge in [-0.15, -0.1) is 6.58 Å². The third kappa shape index (κ3) is 2.90. The van der Waals surface area contributed by atoms with Gasteiger partial charge in [-0.3, -0.25) is 0 Å². The highest BCUT2D eigenvalue weighted by Gasteiger charge is 2.21. The first-order valence-electron chi connectivity index (χ1n) is 5.62. The molecule has 0 amide bonds. The Morgan fingerprint density at radius 1 is 1.56 bits per heavy atom. The molecule has 1 unspecified atom stereocenters. The zero-order valence-corrected chi connectivity index (χ0v) is 9.32. The minimum absolute atomic E-state index is 0.297. The Labute approximate surface area is 94.9 Å². The minimum Gasteiger partial charge on any atom is -0.381 e. The van der Waals surface area contributed by atoms with E-state index >= 15 is 0 Å². The summed E-state index contributed by atoms with van der Waals surface area (Å²) in [5.74, 6) is 1.70. The van der Waals surface area contributed by atoms with Crippen LogP contribution in [-0.2, 0) is 11.3 Å². The maximum absolute atomic E-state index is 5.39. The lowest BCUT2D eigenvalue weighted by atomic mass is 10.0. The second kappa shape index (κ2) is 5.77. The Bertz CT molecular complexity index is 332. The summed E-state index contributed by atoms with van der Waals surface area (Å²) < 4.78 is 10.5. The van der Waals surface area contributed by atoms with E-state index in [4.69, 9.17) is 9.26 Å². The van der Waals surface area contributed by atoms with Gasteiger partial charge in [0.25, 0.3) is 0 Å². The van der Waals surface area contributed by atoms with E-state index in [1.165, 1.54) is 0 Å². The topological polar surface area (TPSA) is 60.2 Å². The molecule has 2 heterocycles. The maximum Gasteiger partial charge on any atom is 0.240 e. The Balaban J connectivity index is 1.88.